The monoisotopic (exact) mass is 221 g/mol. The Morgan fingerprint density at radius 3 is 2.44 bits per heavy atom. The van der Waals surface area contributed by atoms with Crippen molar-refractivity contribution in [2.45, 2.75) is 25.3 Å². The first kappa shape index (κ1) is 11.0. The van der Waals surface area contributed by atoms with Gasteiger partial charge < -0.3 is 5.11 Å². The van der Waals surface area contributed by atoms with Gasteiger partial charge in [-0.15, -0.1) is 0 Å². The van der Waals surface area contributed by atoms with E-state index in [2.05, 4.69) is 9.97 Å². The van der Waals surface area contributed by atoms with Crippen LogP contribution in [0, 0.1) is 0 Å². The number of carbonyl (C=O) groups is 1. The van der Waals surface area contributed by atoms with Crippen LogP contribution < -0.4 is 0 Å². The van der Waals surface area contributed by atoms with E-state index in [1.807, 2.05) is 4.90 Å². The zero-order chi connectivity index (χ0) is 11.4. The number of carboxylic acids is 1. The van der Waals surface area contributed by atoms with Gasteiger partial charge in [0.05, 0.1) is 0 Å². The second-order valence-electron chi connectivity index (χ2n) is 3.94. The van der Waals surface area contributed by atoms with Crippen molar-refractivity contribution in [2.75, 3.05) is 13.1 Å². The van der Waals surface area contributed by atoms with E-state index in [9.17, 15) is 9.90 Å². The number of carboxylic acid groups (broad SMARTS) is 1. The summed E-state index contributed by atoms with van der Waals surface area (Å²) in [6, 6.07) is 1.00. The molecule has 0 aliphatic carbocycles. The molecule has 2 heterocycles. The fourth-order valence-electron chi connectivity index (χ4n) is 2.06. The Morgan fingerprint density at radius 1 is 1.25 bits per heavy atom. The SMILES string of the molecule is O=C(O)C(c1ncccn1)N1CCCCC1. The Morgan fingerprint density at radius 2 is 1.88 bits per heavy atom. The van der Waals surface area contributed by atoms with Gasteiger partial charge in [0.25, 0.3) is 0 Å². The summed E-state index contributed by atoms with van der Waals surface area (Å²) in [5.74, 6) is -0.481. The smallest absolute Gasteiger partial charge is 0.328 e. The summed E-state index contributed by atoms with van der Waals surface area (Å²) in [7, 11) is 0. The molecule has 0 saturated carbocycles. The van der Waals surface area contributed by atoms with Gasteiger partial charge in [-0.05, 0) is 32.0 Å². The first-order valence-electron chi connectivity index (χ1n) is 5.53. The third-order valence-corrected chi connectivity index (χ3v) is 2.82. The van der Waals surface area contributed by atoms with E-state index in [1.54, 1.807) is 18.5 Å². The van der Waals surface area contributed by atoms with Crippen molar-refractivity contribution >= 4 is 5.97 Å². The van der Waals surface area contributed by atoms with Crippen molar-refractivity contribution in [1.82, 2.24) is 14.9 Å². The standard InChI is InChI=1S/C11H15N3O2/c15-11(16)9(10-12-5-4-6-13-10)14-7-2-1-3-8-14/h4-6,9H,1-3,7-8H2,(H,15,16). The first-order chi connectivity index (χ1) is 7.79. The van der Waals surface area contributed by atoms with Crippen LogP contribution in [0.1, 0.15) is 31.1 Å². The molecule has 1 aliphatic heterocycles. The lowest BCUT2D eigenvalue weighted by molar-refractivity contribution is -0.144. The number of hydrogen-bond donors (Lipinski definition) is 1. The summed E-state index contributed by atoms with van der Waals surface area (Å²) < 4.78 is 0. The predicted molar refractivity (Wildman–Crippen MR) is 57.8 cm³/mol. The van der Waals surface area contributed by atoms with Gasteiger partial charge >= 0.3 is 5.97 Å². The van der Waals surface area contributed by atoms with Crippen molar-refractivity contribution in [3.8, 4) is 0 Å². The lowest BCUT2D eigenvalue weighted by Crippen LogP contribution is -2.38. The van der Waals surface area contributed by atoms with Crippen molar-refractivity contribution in [2.24, 2.45) is 0 Å². The van der Waals surface area contributed by atoms with E-state index in [0.29, 0.717) is 5.82 Å². The Labute approximate surface area is 94.1 Å². The third-order valence-electron chi connectivity index (χ3n) is 2.82. The van der Waals surface area contributed by atoms with Gasteiger partial charge in [0.2, 0.25) is 0 Å². The Bertz CT molecular complexity index is 350. The molecule has 1 unspecified atom stereocenters. The minimum Gasteiger partial charge on any atom is -0.480 e. The number of rotatable bonds is 3. The Hall–Kier alpha value is -1.49. The van der Waals surface area contributed by atoms with Gasteiger partial charge in [0, 0.05) is 12.4 Å². The summed E-state index contributed by atoms with van der Waals surface area (Å²) in [4.78, 5) is 21.3. The largest absolute Gasteiger partial charge is 0.480 e. The van der Waals surface area contributed by atoms with Crippen molar-refractivity contribution in [1.29, 1.82) is 0 Å². The van der Waals surface area contributed by atoms with Crippen molar-refractivity contribution in [3.63, 3.8) is 0 Å². The van der Waals surface area contributed by atoms with E-state index in [-0.39, 0.29) is 0 Å². The molecule has 86 valence electrons. The van der Waals surface area contributed by atoms with E-state index in [4.69, 9.17) is 0 Å². The summed E-state index contributed by atoms with van der Waals surface area (Å²) in [5, 5.41) is 9.26. The molecule has 5 heteroatoms. The number of nitrogens with zero attached hydrogens (tertiary/aromatic N) is 3. The highest BCUT2D eigenvalue weighted by Gasteiger charge is 2.30. The molecule has 1 aromatic rings. The van der Waals surface area contributed by atoms with E-state index < -0.39 is 12.0 Å². The summed E-state index contributed by atoms with van der Waals surface area (Å²) in [5.41, 5.74) is 0. The maximum absolute atomic E-state index is 11.3. The quantitative estimate of drug-likeness (QED) is 0.827. The van der Waals surface area contributed by atoms with E-state index >= 15 is 0 Å². The fourth-order valence-corrected chi connectivity index (χ4v) is 2.06. The van der Waals surface area contributed by atoms with Crippen LogP contribution in [0.2, 0.25) is 0 Å². The molecule has 0 bridgehead atoms. The van der Waals surface area contributed by atoms with Crippen LogP contribution in [0.25, 0.3) is 0 Å². The molecule has 1 N–H and O–H groups in total. The average molecular weight is 221 g/mol. The van der Waals surface area contributed by atoms with Gasteiger partial charge in [0.1, 0.15) is 0 Å². The molecule has 1 atom stereocenters. The number of piperidine rings is 1. The van der Waals surface area contributed by atoms with Gasteiger partial charge in [-0.2, -0.15) is 0 Å². The van der Waals surface area contributed by atoms with Crippen molar-refractivity contribution < 1.29 is 9.90 Å². The van der Waals surface area contributed by atoms with Gasteiger partial charge in [-0.25, -0.2) is 9.97 Å². The molecule has 0 radical (unpaired) electrons. The van der Waals surface area contributed by atoms with Crippen molar-refractivity contribution in [3.05, 3.63) is 24.3 Å². The van der Waals surface area contributed by atoms with Crippen LogP contribution >= 0.6 is 0 Å². The molecule has 5 nitrogen and oxygen atoms in total. The molecule has 0 amide bonds. The van der Waals surface area contributed by atoms with E-state index in [0.717, 1.165) is 25.9 Å². The van der Waals surface area contributed by atoms with Gasteiger partial charge in [-0.3, -0.25) is 9.69 Å². The van der Waals surface area contributed by atoms with Crippen LogP contribution in [0.5, 0.6) is 0 Å². The van der Waals surface area contributed by atoms with Crippen LogP contribution in [0.3, 0.4) is 0 Å². The number of aliphatic carboxylic acids is 1. The highest BCUT2D eigenvalue weighted by Crippen LogP contribution is 2.21. The van der Waals surface area contributed by atoms with Crippen LogP contribution in [0.15, 0.2) is 18.5 Å². The maximum Gasteiger partial charge on any atom is 0.328 e. The highest BCUT2D eigenvalue weighted by atomic mass is 16.4. The number of aromatic nitrogens is 2. The molecule has 16 heavy (non-hydrogen) atoms. The Balaban J connectivity index is 2.20. The molecular formula is C11H15N3O2. The zero-order valence-electron chi connectivity index (χ0n) is 9.04. The number of hydrogen-bond acceptors (Lipinski definition) is 4. The van der Waals surface area contributed by atoms with Crippen LogP contribution in [-0.2, 0) is 4.79 Å². The predicted octanol–water partition coefficient (Wildman–Crippen LogP) is 1.09. The lowest BCUT2D eigenvalue weighted by atomic mass is 10.1. The van der Waals surface area contributed by atoms with Gasteiger partial charge in [0.15, 0.2) is 11.9 Å². The zero-order valence-corrected chi connectivity index (χ0v) is 9.04. The topological polar surface area (TPSA) is 66.3 Å². The minimum absolute atomic E-state index is 0.386. The average Bonchev–Trinajstić information content (AvgIpc) is 2.31. The molecule has 1 fully saturated rings. The van der Waals surface area contributed by atoms with Gasteiger partial charge in [-0.1, -0.05) is 6.42 Å². The maximum atomic E-state index is 11.3. The Kier molecular flexibility index (Phi) is 3.46. The van der Waals surface area contributed by atoms with Crippen LogP contribution in [-0.4, -0.2) is 39.0 Å². The summed E-state index contributed by atoms with van der Waals surface area (Å²) in [6.45, 7) is 1.63. The summed E-state index contributed by atoms with van der Waals surface area (Å²) >= 11 is 0. The fraction of sp³-hybridized carbons (Fsp3) is 0.545. The second kappa shape index (κ2) is 5.03. The lowest BCUT2D eigenvalue weighted by Gasteiger charge is -2.30. The number of likely N-dealkylation sites (tertiary alicyclic amines) is 1. The molecular weight excluding hydrogens is 206 g/mol. The van der Waals surface area contributed by atoms with Crippen LogP contribution in [0.4, 0.5) is 0 Å². The molecule has 1 aliphatic rings. The van der Waals surface area contributed by atoms with E-state index in [1.165, 1.54) is 6.42 Å². The third kappa shape index (κ3) is 2.36. The molecule has 2 rings (SSSR count). The molecule has 1 aromatic heterocycles. The second-order valence-corrected chi connectivity index (χ2v) is 3.94. The first-order valence-corrected chi connectivity index (χ1v) is 5.53. The molecule has 0 aromatic carbocycles. The minimum atomic E-state index is -0.867. The highest BCUT2D eigenvalue weighted by molar-refractivity contribution is 5.74. The molecule has 0 spiro atoms. The normalized spacial score (nSPS) is 19.2. The molecule has 1 saturated heterocycles. The summed E-state index contributed by atoms with van der Waals surface area (Å²) in [6.07, 6.45) is 6.45.